The minimum absolute atomic E-state index is 0.0979. The van der Waals surface area contributed by atoms with Crippen LogP contribution >= 0.6 is 11.6 Å². The Balaban J connectivity index is 3.26. The molecule has 1 rings (SSSR count). The van der Waals surface area contributed by atoms with Crippen LogP contribution < -0.4 is 5.73 Å². The van der Waals surface area contributed by atoms with Crippen LogP contribution in [0.1, 0.15) is 22.3 Å². The fourth-order valence-corrected chi connectivity index (χ4v) is 1.49. The van der Waals surface area contributed by atoms with E-state index in [-0.39, 0.29) is 35.1 Å². The second-order valence-electron chi connectivity index (χ2n) is 3.21. The summed E-state index contributed by atoms with van der Waals surface area (Å²) in [6, 6.07) is 1.40. The lowest BCUT2D eigenvalue weighted by atomic mass is 10.0. The third-order valence-electron chi connectivity index (χ3n) is 2.08. The minimum atomic E-state index is -0.391. The van der Waals surface area contributed by atoms with Crippen molar-refractivity contribution in [2.75, 3.05) is 6.54 Å². The maximum absolute atomic E-state index is 11.5. The van der Waals surface area contributed by atoms with Gasteiger partial charge in [-0.1, -0.05) is 11.6 Å². The molecule has 0 aromatic heterocycles. The lowest BCUT2D eigenvalue weighted by Gasteiger charge is -2.08. The predicted octanol–water partition coefficient (Wildman–Crippen LogP) is 1.59. The average Bonchev–Trinajstić information content (AvgIpc) is 2.20. The molecule has 0 aliphatic rings. The predicted molar refractivity (Wildman–Crippen MR) is 57.5 cm³/mol. The van der Waals surface area contributed by atoms with Gasteiger partial charge in [0, 0.05) is 6.42 Å². The molecule has 0 saturated heterocycles. The van der Waals surface area contributed by atoms with Gasteiger partial charge in [0.15, 0.2) is 5.78 Å². The fraction of sp³-hybridized carbons (Fsp3) is 0.300. The van der Waals surface area contributed by atoms with Crippen LogP contribution in [0.15, 0.2) is 6.07 Å². The van der Waals surface area contributed by atoms with Crippen LogP contribution in [0.3, 0.4) is 0 Å². The first-order valence-corrected chi connectivity index (χ1v) is 4.81. The lowest BCUT2D eigenvalue weighted by Crippen LogP contribution is -2.08. The molecule has 0 aliphatic heterocycles. The number of phenols is 2. The molecule has 4 nitrogen and oxygen atoms in total. The Labute approximate surface area is 92.3 Å². The van der Waals surface area contributed by atoms with Crippen molar-refractivity contribution in [1.29, 1.82) is 0 Å². The molecule has 0 unspecified atom stereocenters. The zero-order chi connectivity index (χ0) is 11.6. The average molecular weight is 230 g/mol. The van der Waals surface area contributed by atoms with Crippen LogP contribution in [0.5, 0.6) is 11.5 Å². The van der Waals surface area contributed by atoms with Crippen LogP contribution in [0.4, 0.5) is 0 Å². The van der Waals surface area contributed by atoms with Crippen molar-refractivity contribution in [2.45, 2.75) is 13.3 Å². The molecule has 0 saturated carbocycles. The van der Waals surface area contributed by atoms with Crippen molar-refractivity contribution in [3.63, 3.8) is 0 Å². The van der Waals surface area contributed by atoms with Crippen LogP contribution in [0.2, 0.25) is 5.02 Å². The number of carbonyl (C=O) groups is 1. The highest BCUT2D eigenvalue weighted by Gasteiger charge is 2.17. The zero-order valence-corrected chi connectivity index (χ0v) is 9.01. The van der Waals surface area contributed by atoms with Gasteiger partial charge in [-0.15, -0.1) is 0 Å². The zero-order valence-electron chi connectivity index (χ0n) is 8.25. The van der Waals surface area contributed by atoms with Gasteiger partial charge in [-0.2, -0.15) is 0 Å². The molecule has 0 heterocycles. The third kappa shape index (κ3) is 2.22. The van der Waals surface area contributed by atoms with Gasteiger partial charge in [0.05, 0.1) is 5.56 Å². The topological polar surface area (TPSA) is 83.6 Å². The first-order chi connectivity index (χ1) is 6.99. The monoisotopic (exact) mass is 229 g/mol. The number of Topliss-reactive ketones (excluding diaryl/α,β-unsaturated/α-hetero) is 1. The molecule has 1 aromatic carbocycles. The third-order valence-corrected chi connectivity index (χ3v) is 2.44. The molecule has 1 aromatic rings. The van der Waals surface area contributed by atoms with E-state index in [9.17, 15) is 15.0 Å². The van der Waals surface area contributed by atoms with Crippen LogP contribution in [-0.4, -0.2) is 22.5 Å². The quantitative estimate of drug-likeness (QED) is 0.688. The van der Waals surface area contributed by atoms with E-state index >= 15 is 0 Å². The maximum atomic E-state index is 11.5. The second-order valence-corrected chi connectivity index (χ2v) is 3.59. The molecular formula is C10H12ClNO3. The summed E-state index contributed by atoms with van der Waals surface area (Å²) in [5.41, 5.74) is 5.78. The Morgan fingerprint density at radius 1 is 1.47 bits per heavy atom. The number of nitrogens with two attached hydrogens (primary N) is 1. The van der Waals surface area contributed by atoms with E-state index in [0.717, 1.165) is 0 Å². The van der Waals surface area contributed by atoms with Crippen molar-refractivity contribution in [3.05, 3.63) is 22.2 Å². The summed E-state index contributed by atoms with van der Waals surface area (Å²) in [5, 5.41) is 18.7. The number of ketones is 1. The lowest BCUT2D eigenvalue weighted by molar-refractivity contribution is 0.0983. The standard InChI is InChI=1S/C10H12ClNO3/c1-5-4-6(7(13)2-3-12)10(15)8(11)9(5)14/h4,14-15H,2-3,12H2,1H3. The summed E-state index contributed by atoms with van der Waals surface area (Å²) in [6.45, 7) is 1.80. The molecular weight excluding hydrogens is 218 g/mol. The van der Waals surface area contributed by atoms with Crippen LogP contribution in [0.25, 0.3) is 0 Å². The number of aryl methyl sites for hydroxylation is 1. The van der Waals surface area contributed by atoms with E-state index in [2.05, 4.69) is 0 Å². The highest BCUT2D eigenvalue weighted by Crippen LogP contribution is 2.38. The van der Waals surface area contributed by atoms with E-state index in [4.69, 9.17) is 17.3 Å². The molecule has 4 N–H and O–H groups in total. The number of rotatable bonds is 3. The molecule has 0 spiro atoms. The number of phenolic OH excluding ortho intramolecular Hbond substituents is 2. The normalized spacial score (nSPS) is 10.3. The molecule has 0 bridgehead atoms. The first-order valence-electron chi connectivity index (χ1n) is 4.43. The summed E-state index contributed by atoms with van der Waals surface area (Å²) in [7, 11) is 0. The highest BCUT2D eigenvalue weighted by atomic mass is 35.5. The van der Waals surface area contributed by atoms with Crippen molar-refractivity contribution in [2.24, 2.45) is 5.73 Å². The Kier molecular flexibility index (Phi) is 3.55. The van der Waals surface area contributed by atoms with Crippen molar-refractivity contribution in [3.8, 4) is 11.5 Å². The van der Waals surface area contributed by atoms with Crippen molar-refractivity contribution < 1.29 is 15.0 Å². The molecule has 0 radical (unpaired) electrons. The van der Waals surface area contributed by atoms with Crippen molar-refractivity contribution in [1.82, 2.24) is 0 Å². The summed E-state index contributed by atoms with van der Waals surface area (Å²) in [4.78, 5) is 11.5. The van der Waals surface area contributed by atoms with Gasteiger partial charge in [-0.05, 0) is 25.1 Å². The Morgan fingerprint density at radius 3 is 2.60 bits per heavy atom. The van der Waals surface area contributed by atoms with Gasteiger partial charge in [-0.3, -0.25) is 4.79 Å². The summed E-state index contributed by atoms with van der Waals surface area (Å²) in [6.07, 6.45) is 0.133. The molecule has 0 aliphatic carbocycles. The van der Waals surface area contributed by atoms with Crippen LogP contribution in [0, 0.1) is 6.92 Å². The first kappa shape index (κ1) is 11.8. The van der Waals surface area contributed by atoms with E-state index < -0.39 is 5.75 Å². The molecule has 0 atom stereocenters. The van der Waals surface area contributed by atoms with Gasteiger partial charge >= 0.3 is 0 Å². The van der Waals surface area contributed by atoms with Crippen molar-refractivity contribution >= 4 is 17.4 Å². The molecule has 0 fully saturated rings. The number of hydrogen-bond acceptors (Lipinski definition) is 4. The Hall–Kier alpha value is -1.26. The van der Waals surface area contributed by atoms with E-state index in [1.165, 1.54) is 6.07 Å². The van der Waals surface area contributed by atoms with Gasteiger partial charge in [0.25, 0.3) is 0 Å². The number of halogens is 1. The minimum Gasteiger partial charge on any atom is -0.506 e. The largest absolute Gasteiger partial charge is 0.506 e. The van der Waals surface area contributed by atoms with E-state index in [0.29, 0.717) is 5.56 Å². The number of benzene rings is 1. The SMILES string of the molecule is Cc1cc(C(=O)CCN)c(O)c(Cl)c1O. The van der Waals surface area contributed by atoms with E-state index in [1.54, 1.807) is 6.92 Å². The van der Waals surface area contributed by atoms with Gasteiger partial charge < -0.3 is 15.9 Å². The summed E-state index contributed by atoms with van der Waals surface area (Å²) in [5.74, 6) is -0.892. The molecule has 0 amide bonds. The number of carbonyl (C=O) groups excluding carboxylic acids is 1. The Bertz CT molecular complexity index is 404. The molecule has 82 valence electrons. The van der Waals surface area contributed by atoms with Gasteiger partial charge in [-0.25, -0.2) is 0 Å². The summed E-state index contributed by atoms with van der Waals surface area (Å²) < 4.78 is 0. The smallest absolute Gasteiger partial charge is 0.167 e. The number of hydrogen-bond donors (Lipinski definition) is 3. The van der Waals surface area contributed by atoms with E-state index in [1.807, 2.05) is 0 Å². The fourth-order valence-electron chi connectivity index (χ4n) is 1.24. The summed E-state index contributed by atoms with van der Waals surface area (Å²) >= 11 is 5.65. The van der Waals surface area contributed by atoms with Gasteiger partial charge in [0.1, 0.15) is 16.5 Å². The number of aromatic hydroxyl groups is 2. The second kappa shape index (κ2) is 4.51. The highest BCUT2D eigenvalue weighted by molar-refractivity contribution is 6.34. The van der Waals surface area contributed by atoms with Crippen LogP contribution in [-0.2, 0) is 0 Å². The maximum Gasteiger partial charge on any atom is 0.167 e. The Morgan fingerprint density at radius 2 is 2.07 bits per heavy atom. The van der Waals surface area contributed by atoms with Gasteiger partial charge in [0.2, 0.25) is 0 Å². The molecule has 15 heavy (non-hydrogen) atoms. The molecule has 5 heteroatoms.